The molecule has 2 rings (SSSR count). The number of ketones is 1. The molecule has 0 spiro atoms. The van der Waals surface area contributed by atoms with E-state index in [1.54, 1.807) is 24.3 Å². The summed E-state index contributed by atoms with van der Waals surface area (Å²) in [7, 11) is 0. The van der Waals surface area contributed by atoms with Crippen LogP contribution in [0.1, 0.15) is 21.5 Å². The van der Waals surface area contributed by atoms with Crippen molar-refractivity contribution < 1.29 is 4.79 Å². The molecule has 0 bridgehead atoms. The first kappa shape index (κ1) is 13.5. The number of rotatable bonds is 3. The molecule has 2 nitrogen and oxygen atoms in total. The highest BCUT2D eigenvalue weighted by Crippen LogP contribution is 2.10. The van der Waals surface area contributed by atoms with Crippen LogP contribution >= 0.6 is 22.6 Å². The molecular weight excluding hydrogens is 349 g/mol. The van der Waals surface area contributed by atoms with Crippen LogP contribution in [0.3, 0.4) is 0 Å². The number of benzene rings is 2. The molecule has 0 saturated carbocycles. The molecule has 0 unspecified atom stereocenters. The third kappa shape index (κ3) is 3.76. The largest absolute Gasteiger partial charge is 0.289 e. The second kappa shape index (κ2) is 6.30. The van der Waals surface area contributed by atoms with Gasteiger partial charge in [-0.15, -0.1) is 0 Å². The Labute approximate surface area is 125 Å². The zero-order chi connectivity index (χ0) is 13.7. The molecule has 0 fully saturated rings. The number of halogens is 1. The number of hydrogen-bond donors (Lipinski definition) is 0. The van der Waals surface area contributed by atoms with Gasteiger partial charge in [-0.05, 0) is 58.5 Å². The Kier molecular flexibility index (Phi) is 4.48. The minimum Gasteiger partial charge on any atom is -0.289 e. The Morgan fingerprint density at radius 1 is 1.05 bits per heavy atom. The molecule has 19 heavy (non-hydrogen) atoms. The van der Waals surface area contributed by atoms with E-state index >= 15 is 0 Å². The third-order valence-corrected chi connectivity index (χ3v) is 3.31. The van der Waals surface area contributed by atoms with Gasteiger partial charge in [-0.3, -0.25) is 4.79 Å². The normalized spacial score (nSPS) is 10.3. The fourth-order valence-electron chi connectivity index (χ4n) is 1.55. The summed E-state index contributed by atoms with van der Waals surface area (Å²) >= 11 is 2.20. The Morgan fingerprint density at radius 3 is 2.26 bits per heavy atom. The van der Waals surface area contributed by atoms with Gasteiger partial charge in [0.05, 0.1) is 11.6 Å². The molecule has 0 aromatic heterocycles. The maximum atomic E-state index is 11.9. The summed E-state index contributed by atoms with van der Waals surface area (Å²) in [6.45, 7) is 0. The van der Waals surface area contributed by atoms with Crippen LogP contribution in [-0.2, 0) is 0 Å². The van der Waals surface area contributed by atoms with Crippen molar-refractivity contribution >= 4 is 34.5 Å². The maximum absolute atomic E-state index is 11.9. The number of nitriles is 1. The standard InChI is InChI=1S/C16H10INO/c17-15-8-6-14(7-9-15)16(19)10-5-12-1-3-13(11-18)4-2-12/h1-10H. The van der Waals surface area contributed by atoms with Crippen LogP contribution in [-0.4, -0.2) is 5.78 Å². The zero-order valence-electron chi connectivity index (χ0n) is 10.0. The van der Waals surface area contributed by atoms with E-state index < -0.39 is 0 Å². The van der Waals surface area contributed by atoms with E-state index in [4.69, 9.17) is 5.26 Å². The first-order chi connectivity index (χ1) is 9.19. The lowest BCUT2D eigenvalue weighted by Crippen LogP contribution is -1.93. The van der Waals surface area contributed by atoms with Gasteiger partial charge in [0.2, 0.25) is 0 Å². The molecule has 0 N–H and O–H groups in total. The van der Waals surface area contributed by atoms with Crippen LogP contribution in [0.15, 0.2) is 54.6 Å². The van der Waals surface area contributed by atoms with Crippen molar-refractivity contribution in [2.24, 2.45) is 0 Å². The first-order valence-electron chi connectivity index (χ1n) is 5.67. The fourth-order valence-corrected chi connectivity index (χ4v) is 1.91. The van der Waals surface area contributed by atoms with Crippen LogP contribution in [0.25, 0.3) is 6.08 Å². The lowest BCUT2D eigenvalue weighted by molar-refractivity contribution is 0.104. The predicted octanol–water partition coefficient (Wildman–Crippen LogP) is 4.06. The van der Waals surface area contributed by atoms with E-state index in [2.05, 4.69) is 28.7 Å². The van der Waals surface area contributed by atoms with E-state index in [-0.39, 0.29) is 5.78 Å². The lowest BCUT2D eigenvalue weighted by atomic mass is 10.1. The van der Waals surface area contributed by atoms with Crippen LogP contribution in [0.5, 0.6) is 0 Å². The quantitative estimate of drug-likeness (QED) is 0.471. The van der Waals surface area contributed by atoms with Crippen LogP contribution in [0, 0.1) is 14.9 Å². The maximum Gasteiger partial charge on any atom is 0.185 e. The van der Waals surface area contributed by atoms with E-state index in [1.807, 2.05) is 36.4 Å². The molecule has 2 aromatic carbocycles. The average molecular weight is 359 g/mol. The van der Waals surface area contributed by atoms with Crippen molar-refractivity contribution in [2.75, 3.05) is 0 Å². The van der Waals surface area contributed by atoms with Crippen molar-refractivity contribution in [3.8, 4) is 6.07 Å². The summed E-state index contributed by atoms with van der Waals surface area (Å²) in [6.07, 6.45) is 3.30. The summed E-state index contributed by atoms with van der Waals surface area (Å²) < 4.78 is 1.10. The Balaban J connectivity index is 2.11. The second-order valence-electron chi connectivity index (χ2n) is 3.94. The van der Waals surface area contributed by atoms with Gasteiger partial charge in [-0.25, -0.2) is 0 Å². The van der Waals surface area contributed by atoms with Crippen molar-refractivity contribution in [1.29, 1.82) is 5.26 Å². The smallest absolute Gasteiger partial charge is 0.185 e. The number of nitrogens with zero attached hydrogens (tertiary/aromatic N) is 1. The van der Waals surface area contributed by atoms with Gasteiger partial charge < -0.3 is 0 Å². The Morgan fingerprint density at radius 2 is 1.68 bits per heavy atom. The predicted molar refractivity (Wildman–Crippen MR) is 83.7 cm³/mol. The molecule has 2 aromatic rings. The molecule has 3 heteroatoms. The highest BCUT2D eigenvalue weighted by Gasteiger charge is 2.00. The van der Waals surface area contributed by atoms with Gasteiger partial charge in [0.25, 0.3) is 0 Å². The third-order valence-electron chi connectivity index (χ3n) is 2.60. The minimum absolute atomic E-state index is 0.0271. The van der Waals surface area contributed by atoms with E-state index in [9.17, 15) is 4.79 Å². The van der Waals surface area contributed by atoms with Gasteiger partial charge in [-0.2, -0.15) is 5.26 Å². The average Bonchev–Trinajstić information content (AvgIpc) is 2.46. The van der Waals surface area contributed by atoms with Gasteiger partial charge in [0, 0.05) is 9.13 Å². The van der Waals surface area contributed by atoms with Gasteiger partial charge in [0.15, 0.2) is 5.78 Å². The first-order valence-corrected chi connectivity index (χ1v) is 6.75. The zero-order valence-corrected chi connectivity index (χ0v) is 12.2. The molecular formula is C16H10INO. The number of carbonyl (C=O) groups excluding carboxylic acids is 1. The van der Waals surface area contributed by atoms with Crippen LogP contribution in [0.4, 0.5) is 0 Å². The highest BCUT2D eigenvalue weighted by molar-refractivity contribution is 14.1. The number of allylic oxidation sites excluding steroid dienone is 1. The summed E-state index contributed by atoms with van der Waals surface area (Å²) in [5.41, 5.74) is 2.18. The fraction of sp³-hybridized carbons (Fsp3) is 0. The summed E-state index contributed by atoms with van der Waals surface area (Å²) in [6, 6.07) is 16.6. The van der Waals surface area contributed by atoms with Crippen molar-refractivity contribution in [3.05, 3.63) is 74.9 Å². The van der Waals surface area contributed by atoms with Crippen molar-refractivity contribution in [2.45, 2.75) is 0 Å². The number of carbonyl (C=O) groups is 1. The van der Waals surface area contributed by atoms with Crippen molar-refractivity contribution in [3.63, 3.8) is 0 Å². The number of hydrogen-bond acceptors (Lipinski definition) is 2. The molecule has 0 aliphatic heterocycles. The Bertz CT molecular complexity index is 649. The van der Waals surface area contributed by atoms with Gasteiger partial charge in [0.1, 0.15) is 0 Å². The molecule has 0 aliphatic rings. The molecule has 0 radical (unpaired) electrons. The van der Waals surface area contributed by atoms with E-state index in [0.717, 1.165) is 9.13 Å². The molecule has 0 atom stereocenters. The topological polar surface area (TPSA) is 40.9 Å². The van der Waals surface area contributed by atoms with Crippen LogP contribution in [0.2, 0.25) is 0 Å². The molecule has 0 saturated heterocycles. The van der Waals surface area contributed by atoms with Crippen LogP contribution < -0.4 is 0 Å². The molecule has 92 valence electrons. The Hall–Kier alpha value is -1.93. The second-order valence-corrected chi connectivity index (χ2v) is 5.18. The summed E-state index contributed by atoms with van der Waals surface area (Å²) in [4.78, 5) is 11.9. The molecule has 0 aliphatic carbocycles. The molecule has 0 heterocycles. The SMILES string of the molecule is N#Cc1ccc(C=CC(=O)c2ccc(I)cc2)cc1. The van der Waals surface area contributed by atoms with Gasteiger partial charge in [-0.1, -0.05) is 30.3 Å². The highest BCUT2D eigenvalue weighted by atomic mass is 127. The van der Waals surface area contributed by atoms with Crippen molar-refractivity contribution in [1.82, 2.24) is 0 Å². The van der Waals surface area contributed by atoms with E-state index in [1.165, 1.54) is 0 Å². The monoisotopic (exact) mass is 359 g/mol. The molecule has 0 amide bonds. The summed E-state index contributed by atoms with van der Waals surface area (Å²) in [5.74, 6) is -0.0271. The minimum atomic E-state index is -0.0271. The van der Waals surface area contributed by atoms with E-state index in [0.29, 0.717) is 11.1 Å². The lowest BCUT2D eigenvalue weighted by Gasteiger charge is -1.96. The van der Waals surface area contributed by atoms with Gasteiger partial charge >= 0.3 is 0 Å². The summed E-state index contributed by atoms with van der Waals surface area (Å²) in [5, 5.41) is 8.69.